The lowest BCUT2D eigenvalue weighted by atomic mass is 10.1. The molecule has 0 saturated carbocycles. The van der Waals surface area contributed by atoms with Crippen molar-refractivity contribution in [3.05, 3.63) is 60.2 Å². The molecule has 2 aromatic carbocycles. The molecule has 3 heteroatoms. The first kappa shape index (κ1) is 15.4. The summed E-state index contributed by atoms with van der Waals surface area (Å²) in [6.45, 7) is 3.83. The Balaban J connectivity index is 1.63. The third-order valence-electron chi connectivity index (χ3n) is 3.40. The van der Waals surface area contributed by atoms with E-state index in [1.807, 2.05) is 30.3 Å². The van der Waals surface area contributed by atoms with E-state index >= 15 is 0 Å². The Morgan fingerprint density at radius 2 is 1.62 bits per heavy atom. The summed E-state index contributed by atoms with van der Waals surface area (Å²) in [6.07, 6.45) is 0.975. The number of methoxy groups -OCH3 is 1. The molecule has 0 heterocycles. The Bertz CT molecular complexity index is 511. The van der Waals surface area contributed by atoms with Crippen LogP contribution in [0.3, 0.4) is 0 Å². The van der Waals surface area contributed by atoms with Crippen molar-refractivity contribution >= 4 is 0 Å². The third-order valence-corrected chi connectivity index (χ3v) is 3.40. The van der Waals surface area contributed by atoms with Crippen molar-refractivity contribution in [3.8, 4) is 11.5 Å². The maximum atomic E-state index is 5.70. The fraction of sp³-hybridized carbons (Fsp3) is 0.333. The largest absolute Gasteiger partial charge is 0.497 e. The van der Waals surface area contributed by atoms with Gasteiger partial charge in [0.15, 0.2) is 0 Å². The van der Waals surface area contributed by atoms with Gasteiger partial charge < -0.3 is 14.8 Å². The first-order chi connectivity index (χ1) is 10.3. The molecule has 0 aliphatic heterocycles. The summed E-state index contributed by atoms with van der Waals surface area (Å²) in [4.78, 5) is 0. The van der Waals surface area contributed by atoms with Crippen LogP contribution in [0, 0.1) is 0 Å². The minimum Gasteiger partial charge on any atom is -0.497 e. The molecule has 1 unspecified atom stereocenters. The molecule has 0 spiro atoms. The lowest BCUT2D eigenvalue weighted by molar-refractivity contribution is 0.305. The van der Waals surface area contributed by atoms with Gasteiger partial charge in [-0.3, -0.25) is 0 Å². The minimum atomic E-state index is 0.368. The van der Waals surface area contributed by atoms with Crippen LogP contribution < -0.4 is 14.8 Å². The standard InChI is InChI=1S/C18H23NO2/c1-15(16-7-4-3-5-8-16)19-13-6-14-21-18-11-9-17(20-2)10-12-18/h3-5,7-12,15,19H,6,13-14H2,1-2H3. The van der Waals surface area contributed by atoms with Crippen LogP contribution in [-0.4, -0.2) is 20.3 Å². The molecule has 3 nitrogen and oxygen atoms in total. The smallest absolute Gasteiger partial charge is 0.119 e. The summed E-state index contributed by atoms with van der Waals surface area (Å²) in [5.74, 6) is 1.73. The molecular formula is C18H23NO2. The van der Waals surface area contributed by atoms with Crippen LogP contribution in [0.5, 0.6) is 11.5 Å². The van der Waals surface area contributed by atoms with Gasteiger partial charge >= 0.3 is 0 Å². The fourth-order valence-corrected chi connectivity index (χ4v) is 2.11. The minimum absolute atomic E-state index is 0.368. The molecule has 1 atom stereocenters. The van der Waals surface area contributed by atoms with Gasteiger partial charge in [0.25, 0.3) is 0 Å². The van der Waals surface area contributed by atoms with Crippen molar-refractivity contribution in [3.63, 3.8) is 0 Å². The lowest BCUT2D eigenvalue weighted by Crippen LogP contribution is -2.21. The topological polar surface area (TPSA) is 30.5 Å². The third kappa shape index (κ3) is 5.12. The fourth-order valence-electron chi connectivity index (χ4n) is 2.11. The highest BCUT2D eigenvalue weighted by atomic mass is 16.5. The number of nitrogens with one attached hydrogen (secondary N) is 1. The summed E-state index contributed by atoms with van der Waals surface area (Å²) >= 11 is 0. The SMILES string of the molecule is COc1ccc(OCCCNC(C)c2ccccc2)cc1. The molecule has 0 saturated heterocycles. The van der Waals surface area contributed by atoms with Crippen molar-refractivity contribution in [2.75, 3.05) is 20.3 Å². The second-order valence-electron chi connectivity index (χ2n) is 4.96. The van der Waals surface area contributed by atoms with Crippen LogP contribution in [0.4, 0.5) is 0 Å². The highest BCUT2D eigenvalue weighted by molar-refractivity contribution is 5.31. The Kier molecular flexibility index (Phi) is 6.10. The summed E-state index contributed by atoms with van der Waals surface area (Å²) in [5.41, 5.74) is 1.31. The summed E-state index contributed by atoms with van der Waals surface area (Å²) in [5, 5.41) is 3.50. The van der Waals surface area contributed by atoms with E-state index in [4.69, 9.17) is 9.47 Å². The summed E-state index contributed by atoms with van der Waals surface area (Å²) < 4.78 is 10.8. The molecule has 0 aliphatic carbocycles. The van der Waals surface area contributed by atoms with E-state index in [1.165, 1.54) is 5.56 Å². The van der Waals surface area contributed by atoms with Gasteiger partial charge in [0.2, 0.25) is 0 Å². The maximum absolute atomic E-state index is 5.70. The number of hydrogen-bond donors (Lipinski definition) is 1. The number of hydrogen-bond acceptors (Lipinski definition) is 3. The first-order valence-corrected chi connectivity index (χ1v) is 7.35. The quantitative estimate of drug-likeness (QED) is 0.748. The van der Waals surface area contributed by atoms with Crippen LogP contribution in [0.2, 0.25) is 0 Å². The molecule has 112 valence electrons. The van der Waals surface area contributed by atoms with Gasteiger partial charge in [0.1, 0.15) is 11.5 Å². The van der Waals surface area contributed by atoms with E-state index in [2.05, 4.69) is 36.5 Å². The first-order valence-electron chi connectivity index (χ1n) is 7.35. The van der Waals surface area contributed by atoms with E-state index in [1.54, 1.807) is 7.11 Å². The molecule has 2 aromatic rings. The van der Waals surface area contributed by atoms with Crippen molar-refractivity contribution in [2.24, 2.45) is 0 Å². The van der Waals surface area contributed by atoms with Crippen LogP contribution in [-0.2, 0) is 0 Å². The maximum Gasteiger partial charge on any atom is 0.119 e. The second kappa shape index (κ2) is 8.32. The van der Waals surface area contributed by atoms with Gasteiger partial charge in [-0.25, -0.2) is 0 Å². The van der Waals surface area contributed by atoms with Crippen LogP contribution in [0.1, 0.15) is 24.9 Å². The Morgan fingerprint density at radius 3 is 2.29 bits per heavy atom. The second-order valence-corrected chi connectivity index (χ2v) is 4.96. The molecule has 0 aliphatic rings. The monoisotopic (exact) mass is 285 g/mol. The average molecular weight is 285 g/mol. The van der Waals surface area contributed by atoms with E-state index in [9.17, 15) is 0 Å². The van der Waals surface area contributed by atoms with Crippen LogP contribution in [0.15, 0.2) is 54.6 Å². The highest BCUT2D eigenvalue weighted by Crippen LogP contribution is 2.17. The zero-order chi connectivity index (χ0) is 14.9. The molecular weight excluding hydrogens is 262 g/mol. The predicted octanol–water partition coefficient (Wildman–Crippen LogP) is 3.81. The number of rotatable bonds is 8. The van der Waals surface area contributed by atoms with Gasteiger partial charge in [0.05, 0.1) is 13.7 Å². The zero-order valence-corrected chi connectivity index (χ0v) is 12.7. The summed E-state index contributed by atoms with van der Waals surface area (Å²) in [6, 6.07) is 18.5. The zero-order valence-electron chi connectivity index (χ0n) is 12.7. The molecule has 0 bridgehead atoms. The molecule has 0 fully saturated rings. The van der Waals surface area contributed by atoms with Crippen molar-refractivity contribution in [2.45, 2.75) is 19.4 Å². The lowest BCUT2D eigenvalue weighted by Gasteiger charge is -2.14. The molecule has 0 radical (unpaired) electrons. The van der Waals surface area contributed by atoms with Crippen molar-refractivity contribution < 1.29 is 9.47 Å². The Hall–Kier alpha value is -2.00. The number of ether oxygens (including phenoxy) is 2. The van der Waals surface area contributed by atoms with Crippen LogP contribution >= 0.6 is 0 Å². The van der Waals surface area contributed by atoms with E-state index in [-0.39, 0.29) is 0 Å². The normalized spacial score (nSPS) is 11.9. The van der Waals surface area contributed by atoms with Gasteiger partial charge in [0, 0.05) is 6.04 Å². The van der Waals surface area contributed by atoms with E-state index in [0.29, 0.717) is 12.6 Å². The Morgan fingerprint density at radius 1 is 0.952 bits per heavy atom. The van der Waals surface area contributed by atoms with Gasteiger partial charge in [-0.15, -0.1) is 0 Å². The molecule has 2 rings (SSSR count). The van der Waals surface area contributed by atoms with Crippen molar-refractivity contribution in [1.82, 2.24) is 5.32 Å². The molecule has 0 aromatic heterocycles. The Labute approximate surface area is 126 Å². The van der Waals surface area contributed by atoms with Gasteiger partial charge in [-0.1, -0.05) is 30.3 Å². The molecule has 21 heavy (non-hydrogen) atoms. The van der Waals surface area contributed by atoms with Crippen molar-refractivity contribution in [1.29, 1.82) is 0 Å². The predicted molar refractivity (Wildman–Crippen MR) is 86.0 cm³/mol. The van der Waals surface area contributed by atoms with E-state index in [0.717, 1.165) is 24.5 Å². The summed E-state index contributed by atoms with van der Waals surface area (Å²) in [7, 11) is 1.66. The van der Waals surface area contributed by atoms with Gasteiger partial charge in [-0.05, 0) is 49.7 Å². The van der Waals surface area contributed by atoms with E-state index < -0.39 is 0 Å². The highest BCUT2D eigenvalue weighted by Gasteiger charge is 2.02. The molecule has 1 N–H and O–H groups in total. The number of benzene rings is 2. The van der Waals surface area contributed by atoms with Gasteiger partial charge in [-0.2, -0.15) is 0 Å². The molecule has 0 amide bonds. The average Bonchev–Trinajstić information content (AvgIpc) is 2.55. The van der Waals surface area contributed by atoms with Crippen LogP contribution in [0.25, 0.3) is 0 Å².